The summed E-state index contributed by atoms with van der Waals surface area (Å²) < 4.78 is 4.67. The van der Waals surface area contributed by atoms with Crippen LogP contribution in [-0.2, 0) is 11.3 Å². The zero-order chi connectivity index (χ0) is 12.3. The van der Waals surface area contributed by atoms with E-state index in [4.69, 9.17) is 0 Å². The summed E-state index contributed by atoms with van der Waals surface area (Å²) in [7, 11) is 1.68. The van der Waals surface area contributed by atoms with Crippen molar-refractivity contribution in [2.24, 2.45) is 5.92 Å². The Morgan fingerprint density at radius 2 is 2.41 bits per heavy atom. The van der Waals surface area contributed by atoms with Gasteiger partial charge in [0.15, 0.2) is 0 Å². The van der Waals surface area contributed by atoms with Crippen molar-refractivity contribution in [2.45, 2.75) is 26.3 Å². The van der Waals surface area contributed by atoms with Gasteiger partial charge in [-0.3, -0.25) is 9.69 Å². The largest absolute Gasteiger partial charge is 0.359 e. The van der Waals surface area contributed by atoms with Crippen molar-refractivity contribution in [3.8, 4) is 0 Å². The molecule has 2 rings (SSSR count). The lowest BCUT2D eigenvalue weighted by molar-refractivity contribution is -0.121. The Morgan fingerprint density at radius 1 is 1.59 bits per heavy atom. The van der Waals surface area contributed by atoms with Gasteiger partial charge in [0.05, 0.1) is 0 Å². The number of carbonyl (C=O) groups excluding carboxylic acids is 1. The number of aryl methyl sites for hydroxylation is 1. The van der Waals surface area contributed by atoms with E-state index in [1.165, 1.54) is 0 Å². The van der Waals surface area contributed by atoms with Crippen LogP contribution in [0.2, 0.25) is 0 Å². The molecular formula is C11H18N4O2. The van der Waals surface area contributed by atoms with E-state index in [0.717, 1.165) is 37.4 Å². The van der Waals surface area contributed by atoms with Crippen molar-refractivity contribution < 1.29 is 9.42 Å². The summed E-state index contributed by atoms with van der Waals surface area (Å²) in [5.74, 6) is 0.575. The second-order valence-electron chi connectivity index (χ2n) is 4.56. The SMILES string of the molecule is CNC(=O)C[C@@H]1CCN(Cc2nonc2C)C1. The van der Waals surface area contributed by atoms with Crippen LogP contribution in [0.3, 0.4) is 0 Å². The monoisotopic (exact) mass is 238 g/mol. The minimum Gasteiger partial charge on any atom is -0.359 e. The molecule has 6 heteroatoms. The van der Waals surface area contributed by atoms with Gasteiger partial charge in [0, 0.05) is 26.6 Å². The van der Waals surface area contributed by atoms with E-state index in [0.29, 0.717) is 12.3 Å². The molecule has 17 heavy (non-hydrogen) atoms. The molecule has 0 bridgehead atoms. The summed E-state index contributed by atoms with van der Waals surface area (Å²) in [6.45, 7) is 4.61. The van der Waals surface area contributed by atoms with E-state index in [-0.39, 0.29) is 5.91 Å². The smallest absolute Gasteiger partial charge is 0.220 e. The lowest BCUT2D eigenvalue weighted by Crippen LogP contribution is -2.24. The molecule has 1 aromatic rings. The summed E-state index contributed by atoms with van der Waals surface area (Å²) in [6, 6.07) is 0. The quantitative estimate of drug-likeness (QED) is 0.818. The Kier molecular flexibility index (Phi) is 3.73. The van der Waals surface area contributed by atoms with Crippen LogP contribution in [0.5, 0.6) is 0 Å². The van der Waals surface area contributed by atoms with Crippen LogP contribution in [0.25, 0.3) is 0 Å². The van der Waals surface area contributed by atoms with Crippen molar-refractivity contribution in [1.29, 1.82) is 0 Å². The van der Waals surface area contributed by atoms with E-state index >= 15 is 0 Å². The molecule has 94 valence electrons. The second-order valence-corrected chi connectivity index (χ2v) is 4.56. The second kappa shape index (κ2) is 5.27. The van der Waals surface area contributed by atoms with Crippen LogP contribution >= 0.6 is 0 Å². The van der Waals surface area contributed by atoms with Crippen LogP contribution in [0.1, 0.15) is 24.2 Å². The summed E-state index contributed by atoms with van der Waals surface area (Å²) in [4.78, 5) is 13.6. The van der Waals surface area contributed by atoms with Gasteiger partial charge in [-0.15, -0.1) is 0 Å². The molecule has 0 unspecified atom stereocenters. The average molecular weight is 238 g/mol. The first kappa shape index (κ1) is 12.0. The molecule has 6 nitrogen and oxygen atoms in total. The predicted molar refractivity (Wildman–Crippen MR) is 61.1 cm³/mol. The van der Waals surface area contributed by atoms with Crippen LogP contribution < -0.4 is 5.32 Å². The van der Waals surface area contributed by atoms with E-state index in [2.05, 4.69) is 25.2 Å². The number of amides is 1. The maximum atomic E-state index is 11.3. The molecule has 1 saturated heterocycles. The minimum atomic E-state index is 0.121. The minimum absolute atomic E-state index is 0.121. The van der Waals surface area contributed by atoms with Gasteiger partial charge >= 0.3 is 0 Å². The highest BCUT2D eigenvalue weighted by atomic mass is 16.6. The molecule has 0 saturated carbocycles. The molecule has 1 atom stereocenters. The molecule has 1 N–H and O–H groups in total. The van der Waals surface area contributed by atoms with Gasteiger partial charge in [0.25, 0.3) is 0 Å². The Balaban J connectivity index is 1.82. The lowest BCUT2D eigenvalue weighted by Gasteiger charge is -2.13. The van der Waals surface area contributed by atoms with Gasteiger partial charge in [0.1, 0.15) is 11.4 Å². The molecule has 1 fully saturated rings. The average Bonchev–Trinajstić information content (AvgIpc) is 2.90. The highest BCUT2D eigenvalue weighted by Crippen LogP contribution is 2.21. The zero-order valence-corrected chi connectivity index (χ0v) is 10.3. The molecule has 2 heterocycles. The van der Waals surface area contributed by atoms with Gasteiger partial charge in [0.2, 0.25) is 5.91 Å². The molecule has 0 spiro atoms. The fraction of sp³-hybridized carbons (Fsp3) is 0.727. The molecule has 1 amide bonds. The fourth-order valence-electron chi connectivity index (χ4n) is 2.19. The van der Waals surface area contributed by atoms with E-state index in [1.807, 2.05) is 6.92 Å². The summed E-state index contributed by atoms with van der Waals surface area (Å²) in [6.07, 6.45) is 1.68. The normalized spacial score (nSPS) is 20.7. The van der Waals surface area contributed by atoms with Crippen molar-refractivity contribution >= 4 is 5.91 Å². The van der Waals surface area contributed by atoms with Crippen molar-refractivity contribution in [2.75, 3.05) is 20.1 Å². The maximum Gasteiger partial charge on any atom is 0.220 e. The van der Waals surface area contributed by atoms with Crippen LogP contribution in [0.4, 0.5) is 0 Å². The molecule has 1 aliphatic heterocycles. The molecule has 1 aliphatic rings. The first-order chi connectivity index (χ1) is 8.19. The number of hydrogen-bond acceptors (Lipinski definition) is 5. The molecule has 1 aromatic heterocycles. The topological polar surface area (TPSA) is 71.3 Å². The third kappa shape index (κ3) is 3.03. The molecule has 0 aromatic carbocycles. The third-order valence-corrected chi connectivity index (χ3v) is 3.24. The number of likely N-dealkylation sites (tertiary alicyclic amines) is 1. The number of nitrogens with zero attached hydrogens (tertiary/aromatic N) is 3. The highest BCUT2D eigenvalue weighted by Gasteiger charge is 2.25. The van der Waals surface area contributed by atoms with Crippen molar-refractivity contribution in [1.82, 2.24) is 20.5 Å². The summed E-state index contributed by atoms with van der Waals surface area (Å²) in [5.41, 5.74) is 1.74. The standard InChI is InChI=1S/C11H18N4O2/c1-8-10(14-17-13-8)7-15-4-3-9(6-15)5-11(16)12-2/h9H,3-7H2,1-2H3,(H,12,16)/t9-/m0/s1. The van der Waals surface area contributed by atoms with Gasteiger partial charge in [-0.05, 0) is 25.8 Å². The highest BCUT2D eigenvalue weighted by molar-refractivity contribution is 5.75. The molecule has 0 radical (unpaired) electrons. The number of rotatable bonds is 4. The number of aromatic nitrogens is 2. The Morgan fingerprint density at radius 3 is 3.06 bits per heavy atom. The first-order valence-electron chi connectivity index (χ1n) is 5.90. The van der Waals surface area contributed by atoms with E-state index < -0.39 is 0 Å². The molecule has 0 aliphatic carbocycles. The zero-order valence-electron chi connectivity index (χ0n) is 10.3. The van der Waals surface area contributed by atoms with E-state index in [9.17, 15) is 4.79 Å². The van der Waals surface area contributed by atoms with Crippen LogP contribution in [0.15, 0.2) is 4.63 Å². The van der Waals surface area contributed by atoms with E-state index in [1.54, 1.807) is 7.05 Å². The number of carbonyl (C=O) groups is 1. The van der Waals surface area contributed by atoms with Crippen LogP contribution in [-0.4, -0.2) is 41.3 Å². The van der Waals surface area contributed by atoms with Crippen LogP contribution in [0, 0.1) is 12.8 Å². The third-order valence-electron chi connectivity index (χ3n) is 3.24. The summed E-state index contributed by atoms with van der Waals surface area (Å²) >= 11 is 0. The lowest BCUT2D eigenvalue weighted by atomic mass is 10.1. The fourth-order valence-corrected chi connectivity index (χ4v) is 2.19. The van der Waals surface area contributed by atoms with Crippen molar-refractivity contribution in [3.63, 3.8) is 0 Å². The Labute approximate surface area is 100 Å². The molecular weight excluding hydrogens is 220 g/mol. The number of hydrogen-bond donors (Lipinski definition) is 1. The summed E-state index contributed by atoms with van der Waals surface area (Å²) in [5, 5.41) is 10.3. The van der Waals surface area contributed by atoms with Gasteiger partial charge < -0.3 is 5.32 Å². The van der Waals surface area contributed by atoms with Gasteiger partial charge in [-0.2, -0.15) is 0 Å². The van der Waals surface area contributed by atoms with Gasteiger partial charge in [-0.25, -0.2) is 4.63 Å². The van der Waals surface area contributed by atoms with Crippen molar-refractivity contribution in [3.05, 3.63) is 11.4 Å². The Hall–Kier alpha value is -1.43. The number of nitrogens with one attached hydrogen (secondary N) is 1. The van der Waals surface area contributed by atoms with Gasteiger partial charge in [-0.1, -0.05) is 10.3 Å². The first-order valence-corrected chi connectivity index (χ1v) is 5.90. The predicted octanol–water partition coefficient (Wildman–Crippen LogP) is 0.336. The Bertz CT molecular complexity index is 391. The maximum absolute atomic E-state index is 11.3.